The third-order valence-electron chi connectivity index (χ3n) is 3.20. The molecule has 0 aliphatic heterocycles. The number of aromatic nitrogens is 2. The molecule has 0 atom stereocenters. The molecule has 0 aliphatic carbocycles. The van der Waals surface area contributed by atoms with Gasteiger partial charge >= 0.3 is 0 Å². The van der Waals surface area contributed by atoms with E-state index in [1.54, 1.807) is 0 Å². The number of hydrogen-bond acceptors (Lipinski definition) is 2. The van der Waals surface area contributed by atoms with Crippen LogP contribution in [0.4, 0.5) is 0 Å². The van der Waals surface area contributed by atoms with Crippen LogP contribution in [0.2, 0.25) is 0 Å². The van der Waals surface area contributed by atoms with Crippen molar-refractivity contribution >= 4 is 28.2 Å². The van der Waals surface area contributed by atoms with E-state index >= 15 is 0 Å². The van der Waals surface area contributed by atoms with Gasteiger partial charge in [-0.3, -0.25) is 4.57 Å². The molecule has 2 aromatic carbocycles. The van der Waals surface area contributed by atoms with Crippen LogP contribution in [-0.4, -0.2) is 14.5 Å². The van der Waals surface area contributed by atoms with Crippen LogP contribution in [0.15, 0.2) is 48.8 Å². The van der Waals surface area contributed by atoms with Gasteiger partial charge in [0.25, 0.3) is 0 Å². The van der Waals surface area contributed by atoms with Gasteiger partial charge in [0.1, 0.15) is 11.3 Å². The number of imidazole rings is 1. The monoisotopic (exact) mass is 267 g/mol. The summed E-state index contributed by atoms with van der Waals surface area (Å²) in [7, 11) is 0. The molecular formula is C15H13N3S. The quantitative estimate of drug-likeness (QED) is 0.726. The zero-order valence-electron chi connectivity index (χ0n) is 10.5. The molecule has 94 valence electrons. The van der Waals surface area contributed by atoms with E-state index in [2.05, 4.69) is 4.98 Å². The van der Waals surface area contributed by atoms with Crippen molar-refractivity contribution in [2.75, 3.05) is 0 Å². The standard InChI is InChI=1S/C15H13N3S/c1-10-5-4-6-11(15(16)19)14(10)18-9-17-12-7-2-3-8-13(12)18/h2-9H,1H3,(H2,16,19). The van der Waals surface area contributed by atoms with Gasteiger partial charge in [-0.15, -0.1) is 0 Å². The van der Waals surface area contributed by atoms with Crippen molar-refractivity contribution in [1.82, 2.24) is 9.55 Å². The Bertz CT molecular complexity index is 774. The minimum absolute atomic E-state index is 0.400. The Kier molecular flexibility index (Phi) is 2.80. The topological polar surface area (TPSA) is 43.8 Å². The number of thiocarbonyl (C=S) groups is 1. The zero-order chi connectivity index (χ0) is 13.4. The first-order valence-corrected chi connectivity index (χ1v) is 6.41. The fourth-order valence-corrected chi connectivity index (χ4v) is 2.48. The predicted molar refractivity (Wildman–Crippen MR) is 81.7 cm³/mol. The molecule has 3 rings (SSSR count). The van der Waals surface area contributed by atoms with Crippen molar-refractivity contribution in [3.05, 3.63) is 59.9 Å². The van der Waals surface area contributed by atoms with Crippen LogP contribution in [-0.2, 0) is 0 Å². The van der Waals surface area contributed by atoms with Gasteiger partial charge in [0.2, 0.25) is 0 Å². The van der Waals surface area contributed by atoms with Gasteiger partial charge in [-0.05, 0) is 30.7 Å². The number of aryl methyl sites for hydroxylation is 1. The van der Waals surface area contributed by atoms with Gasteiger partial charge in [-0.1, -0.05) is 36.5 Å². The van der Waals surface area contributed by atoms with Gasteiger partial charge in [0.05, 0.1) is 16.7 Å². The minimum atomic E-state index is 0.400. The van der Waals surface area contributed by atoms with Crippen LogP contribution in [0.5, 0.6) is 0 Å². The van der Waals surface area contributed by atoms with Crippen molar-refractivity contribution in [1.29, 1.82) is 0 Å². The number of fused-ring (bicyclic) bond motifs is 1. The van der Waals surface area contributed by atoms with Crippen molar-refractivity contribution in [2.45, 2.75) is 6.92 Å². The average Bonchev–Trinajstić information content (AvgIpc) is 2.82. The summed E-state index contributed by atoms with van der Waals surface area (Å²) in [5.41, 5.74) is 10.8. The summed E-state index contributed by atoms with van der Waals surface area (Å²) in [6.07, 6.45) is 1.81. The molecule has 0 bridgehead atoms. The molecule has 0 unspecified atom stereocenters. The molecule has 4 heteroatoms. The van der Waals surface area contributed by atoms with Crippen molar-refractivity contribution in [3.8, 4) is 5.69 Å². The maximum Gasteiger partial charge on any atom is 0.106 e. The van der Waals surface area contributed by atoms with E-state index in [1.807, 2.05) is 60.3 Å². The van der Waals surface area contributed by atoms with Crippen molar-refractivity contribution < 1.29 is 0 Å². The fourth-order valence-electron chi connectivity index (χ4n) is 2.31. The maximum atomic E-state index is 5.83. The SMILES string of the molecule is Cc1cccc(C(N)=S)c1-n1cnc2ccccc21. The van der Waals surface area contributed by atoms with Crippen LogP contribution >= 0.6 is 12.2 Å². The molecule has 0 fully saturated rings. The number of nitrogens with two attached hydrogens (primary N) is 1. The first-order valence-electron chi connectivity index (χ1n) is 6.00. The first kappa shape index (κ1) is 11.9. The molecule has 0 amide bonds. The lowest BCUT2D eigenvalue weighted by Gasteiger charge is -2.13. The van der Waals surface area contributed by atoms with E-state index in [0.29, 0.717) is 4.99 Å². The molecule has 3 nitrogen and oxygen atoms in total. The smallest absolute Gasteiger partial charge is 0.106 e. The molecule has 0 saturated carbocycles. The lowest BCUT2D eigenvalue weighted by Crippen LogP contribution is -2.14. The van der Waals surface area contributed by atoms with Crippen LogP contribution in [0.1, 0.15) is 11.1 Å². The molecule has 0 spiro atoms. The maximum absolute atomic E-state index is 5.83. The average molecular weight is 267 g/mol. The fraction of sp³-hybridized carbons (Fsp3) is 0.0667. The number of rotatable bonds is 2. The van der Waals surface area contributed by atoms with Gasteiger partial charge in [-0.2, -0.15) is 0 Å². The number of nitrogens with zero attached hydrogens (tertiary/aromatic N) is 2. The zero-order valence-corrected chi connectivity index (χ0v) is 11.3. The van der Waals surface area contributed by atoms with E-state index in [0.717, 1.165) is 27.8 Å². The molecule has 0 aliphatic rings. The highest BCUT2D eigenvalue weighted by molar-refractivity contribution is 7.80. The minimum Gasteiger partial charge on any atom is -0.389 e. The summed E-state index contributed by atoms with van der Waals surface area (Å²) < 4.78 is 2.04. The number of hydrogen-bond donors (Lipinski definition) is 1. The molecule has 1 heterocycles. The van der Waals surface area contributed by atoms with Crippen LogP contribution in [0.25, 0.3) is 16.7 Å². The summed E-state index contributed by atoms with van der Waals surface area (Å²) >= 11 is 5.15. The Morgan fingerprint density at radius 1 is 1.16 bits per heavy atom. The highest BCUT2D eigenvalue weighted by Crippen LogP contribution is 2.24. The lowest BCUT2D eigenvalue weighted by atomic mass is 10.1. The van der Waals surface area contributed by atoms with Gasteiger partial charge in [0.15, 0.2) is 0 Å². The molecule has 3 aromatic rings. The second kappa shape index (κ2) is 4.48. The Labute approximate surface area is 116 Å². The van der Waals surface area contributed by atoms with Gasteiger partial charge in [-0.25, -0.2) is 4.98 Å². The molecule has 19 heavy (non-hydrogen) atoms. The van der Waals surface area contributed by atoms with Crippen LogP contribution in [0, 0.1) is 6.92 Å². The van der Waals surface area contributed by atoms with E-state index in [-0.39, 0.29) is 0 Å². The van der Waals surface area contributed by atoms with E-state index in [9.17, 15) is 0 Å². The molecule has 1 aromatic heterocycles. The normalized spacial score (nSPS) is 10.8. The highest BCUT2D eigenvalue weighted by atomic mass is 32.1. The Morgan fingerprint density at radius 2 is 1.95 bits per heavy atom. The molecule has 0 saturated heterocycles. The third-order valence-corrected chi connectivity index (χ3v) is 3.42. The van der Waals surface area contributed by atoms with Crippen molar-refractivity contribution in [3.63, 3.8) is 0 Å². The largest absolute Gasteiger partial charge is 0.389 e. The van der Waals surface area contributed by atoms with E-state index < -0.39 is 0 Å². The first-order chi connectivity index (χ1) is 9.18. The molecule has 0 radical (unpaired) electrons. The van der Waals surface area contributed by atoms with E-state index in [1.165, 1.54) is 0 Å². The van der Waals surface area contributed by atoms with Crippen molar-refractivity contribution in [2.24, 2.45) is 5.73 Å². The molecule has 2 N–H and O–H groups in total. The van der Waals surface area contributed by atoms with Crippen LogP contribution in [0.3, 0.4) is 0 Å². The Balaban J connectivity index is 2.36. The second-order valence-corrected chi connectivity index (χ2v) is 4.88. The molecular weight excluding hydrogens is 254 g/mol. The third kappa shape index (κ3) is 1.90. The second-order valence-electron chi connectivity index (χ2n) is 4.44. The summed E-state index contributed by atoms with van der Waals surface area (Å²) in [5, 5.41) is 0. The lowest BCUT2D eigenvalue weighted by molar-refractivity contribution is 1.07. The Hall–Kier alpha value is -2.20. The predicted octanol–water partition coefficient (Wildman–Crippen LogP) is 2.97. The van der Waals surface area contributed by atoms with Gasteiger partial charge in [0, 0.05) is 5.56 Å². The number of para-hydroxylation sites is 3. The summed E-state index contributed by atoms with van der Waals surface area (Å²) in [6.45, 7) is 2.05. The van der Waals surface area contributed by atoms with E-state index in [4.69, 9.17) is 18.0 Å². The summed E-state index contributed by atoms with van der Waals surface area (Å²) in [4.78, 5) is 4.81. The number of benzene rings is 2. The van der Waals surface area contributed by atoms with Crippen LogP contribution < -0.4 is 5.73 Å². The Morgan fingerprint density at radius 3 is 2.74 bits per heavy atom. The summed E-state index contributed by atoms with van der Waals surface area (Å²) in [5.74, 6) is 0. The van der Waals surface area contributed by atoms with Gasteiger partial charge < -0.3 is 5.73 Å². The highest BCUT2D eigenvalue weighted by Gasteiger charge is 2.12. The summed E-state index contributed by atoms with van der Waals surface area (Å²) in [6, 6.07) is 14.0.